The van der Waals surface area contributed by atoms with Gasteiger partial charge in [-0.1, -0.05) is 31.2 Å². The van der Waals surface area contributed by atoms with E-state index in [0.29, 0.717) is 5.56 Å². The Morgan fingerprint density at radius 1 is 1.15 bits per heavy atom. The minimum Gasteiger partial charge on any atom is -0.451 e. The highest BCUT2D eigenvalue weighted by Crippen LogP contribution is 2.25. The van der Waals surface area contributed by atoms with E-state index in [4.69, 9.17) is 4.74 Å². The first-order valence-electron chi connectivity index (χ1n) is 8.17. The van der Waals surface area contributed by atoms with Crippen LogP contribution in [0, 0.1) is 10.1 Å². The predicted octanol–water partition coefficient (Wildman–Crippen LogP) is 3.63. The van der Waals surface area contributed by atoms with Gasteiger partial charge in [-0.05, 0) is 31.0 Å². The molecule has 0 fully saturated rings. The number of nitro benzene ring substituents is 1. The molecule has 0 aliphatic heterocycles. The molecule has 2 rings (SSSR count). The number of esters is 1. The Labute approximate surface area is 151 Å². The molecule has 0 amide bonds. The minimum atomic E-state index is -1.00. The highest BCUT2D eigenvalue weighted by molar-refractivity contribution is 6.01. The van der Waals surface area contributed by atoms with Crippen molar-refractivity contribution in [2.24, 2.45) is 0 Å². The molecule has 136 valence electrons. The van der Waals surface area contributed by atoms with Gasteiger partial charge in [-0.3, -0.25) is 14.9 Å². The summed E-state index contributed by atoms with van der Waals surface area (Å²) in [5, 5.41) is 13.8. The van der Waals surface area contributed by atoms with Crippen molar-refractivity contribution in [1.82, 2.24) is 0 Å². The highest BCUT2D eigenvalue weighted by Gasteiger charge is 2.23. The van der Waals surface area contributed by atoms with E-state index in [-0.39, 0.29) is 22.7 Å². The van der Waals surface area contributed by atoms with Crippen LogP contribution in [0.15, 0.2) is 42.5 Å². The molecule has 2 aromatic rings. The van der Waals surface area contributed by atoms with Gasteiger partial charge in [0.05, 0.1) is 10.5 Å². The third-order valence-electron chi connectivity index (χ3n) is 4.00. The number of carbonyl (C=O) groups is 2. The lowest BCUT2D eigenvalue weighted by Crippen LogP contribution is -2.24. The fourth-order valence-corrected chi connectivity index (χ4v) is 2.44. The maximum absolute atomic E-state index is 12.4. The van der Waals surface area contributed by atoms with Crippen LogP contribution in [0.5, 0.6) is 0 Å². The van der Waals surface area contributed by atoms with Crippen molar-refractivity contribution in [3.8, 4) is 0 Å². The van der Waals surface area contributed by atoms with E-state index < -0.39 is 17.0 Å². The van der Waals surface area contributed by atoms with Crippen LogP contribution in [0.3, 0.4) is 0 Å². The largest absolute Gasteiger partial charge is 0.451 e. The predicted molar refractivity (Wildman–Crippen MR) is 97.7 cm³/mol. The van der Waals surface area contributed by atoms with E-state index in [1.54, 1.807) is 19.2 Å². The van der Waals surface area contributed by atoms with Crippen LogP contribution >= 0.6 is 0 Å². The topological polar surface area (TPSA) is 98.5 Å². The first-order valence-corrected chi connectivity index (χ1v) is 8.17. The third-order valence-corrected chi connectivity index (χ3v) is 4.00. The molecular weight excluding hydrogens is 336 g/mol. The lowest BCUT2D eigenvalue weighted by Gasteiger charge is -2.13. The summed E-state index contributed by atoms with van der Waals surface area (Å²) in [4.78, 5) is 35.1. The number of ketones is 1. The van der Waals surface area contributed by atoms with Gasteiger partial charge in [-0.25, -0.2) is 4.79 Å². The van der Waals surface area contributed by atoms with Crippen molar-refractivity contribution < 1.29 is 19.2 Å². The van der Waals surface area contributed by atoms with Crippen molar-refractivity contribution in [3.63, 3.8) is 0 Å². The molecule has 0 bridgehead atoms. The second kappa shape index (κ2) is 8.24. The van der Waals surface area contributed by atoms with Gasteiger partial charge in [-0.15, -0.1) is 0 Å². The zero-order valence-electron chi connectivity index (χ0n) is 14.8. The number of benzene rings is 2. The molecule has 7 nitrogen and oxygen atoms in total. The number of carbonyl (C=O) groups excluding carboxylic acids is 2. The van der Waals surface area contributed by atoms with Gasteiger partial charge in [0, 0.05) is 18.7 Å². The van der Waals surface area contributed by atoms with Crippen molar-refractivity contribution in [3.05, 3.63) is 69.3 Å². The molecule has 0 aliphatic carbocycles. The molecular formula is C19H20N2O5. The summed E-state index contributed by atoms with van der Waals surface area (Å²) in [5.41, 5.74) is 1.60. The Kier molecular flexibility index (Phi) is 6.06. The fraction of sp³-hybridized carbons (Fsp3) is 0.263. The van der Waals surface area contributed by atoms with E-state index in [9.17, 15) is 19.7 Å². The van der Waals surface area contributed by atoms with E-state index in [1.807, 2.05) is 19.1 Å². The van der Waals surface area contributed by atoms with E-state index in [2.05, 4.69) is 5.32 Å². The Morgan fingerprint density at radius 2 is 1.77 bits per heavy atom. The van der Waals surface area contributed by atoms with Crippen LogP contribution in [0.2, 0.25) is 0 Å². The second-order valence-corrected chi connectivity index (χ2v) is 5.70. The first-order chi connectivity index (χ1) is 12.4. The molecule has 0 aliphatic rings. The Bertz CT molecular complexity index is 830. The lowest BCUT2D eigenvalue weighted by atomic mass is 10.0. The number of Topliss-reactive ketones (excluding diaryl/α,β-unsaturated/α-hetero) is 1. The van der Waals surface area contributed by atoms with Crippen LogP contribution in [-0.2, 0) is 11.2 Å². The molecule has 0 spiro atoms. The summed E-state index contributed by atoms with van der Waals surface area (Å²) in [5.74, 6) is -1.12. The standard InChI is InChI=1S/C19H20N2O5/c1-4-13-5-7-14(8-6-13)18(22)12(2)26-19(23)15-9-10-16(20-3)17(11-15)21(24)25/h5-12,20H,4H2,1-3H3. The molecule has 1 N–H and O–H groups in total. The number of rotatable bonds is 7. The summed E-state index contributed by atoms with van der Waals surface area (Å²) in [6.07, 6.45) is -0.140. The summed E-state index contributed by atoms with van der Waals surface area (Å²) in [6.45, 7) is 3.49. The van der Waals surface area contributed by atoms with Gasteiger partial charge >= 0.3 is 5.97 Å². The summed E-state index contributed by atoms with van der Waals surface area (Å²) < 4.78 is 5.19. The van der Waals surface area contributed by atoms with Crippen molar-refractivity contribution in [2.45, 2.75) is 26.4 Å². The van der Waals surface area contributed by atoms with Gasteiger partial charge in [-0.2, -0.15) is 0 Å². The molecule has 0 radical (unpaired) electrons. The van der Waals surface area contributed by atoms with Crippen molar-refractivity contribution >= 4 is 23.1 Å². The maximum atomic E-state index is 12.4. The van der Waals surface area contributed by atoms with Crippen LogP contribution in [-0.4, -0.2) is 29.8 Å². The maximum Gasteiger partial charge on any atom is 0.339 e. The summed E-state index contributed by atoms with van der Waals surface area (Å²) in [7, 11) is 1.55. The second-order valence-electron chi connectivity index (χ2n) is 5.70. The number of anilines is 1. The number of nitrogens with one attached hydrogen (secondary N) is 1. The zero-order chi connectivity index (χ0) is 19.3. The van der Waals surface area contributed by atoms with Crippen LogP contribution in [0.4, 0.5) is 11.4 Å². The van der Waals surface area contributed by atoms with E-state index >= 15 is 0 Å². The SMILES string of the molecule is CCc1ccc(C(=O)C(C)OC(=O)c2ccc(NC)c([N+](=O)[O-])c2)cc1. The van der Waals surface area contributed by atoms with Gasteiger partial charge < -0.3 is 10.1 Å². The van der Waals surface area contributed by atoms with Gasteiger partial charge in [0.15, 0.2) is 6.10 Å². The molecule has 1 atom stereocenters. The van der Waals surface area contributed by atoms with Gasteiger partial charge in [0.1, 0.15) is 5.69 Å². The number of ether oxygens (including phenoxy) is 1. The Morgan fingerprint density at radius 3 is 2.31 bits per heavy atom. The normalized spacial score (nSPS) is 11.5. The number of hydrogen-bond acceptors (Lipinski definition) is 6. The smallest absolute Gasteiger partial charge is 0.339 e. The van der Waals surface area contributed by atoms with E-state index in [0.717, 1.165) is 18.1 Å². The fourth-order valence-electron chi connectivity index (χ4n) is 2.44. The highest BCUT2D eigenvalue weighted by atomic mass is 16.6. The molecule has 26 heavy (non-hydrogen) atoms. The summed E-state index contributed by atoms with van der Waals surface area (Å²) >= 11 is 0. The van der Waals surface area contributed by atoms with Crippen LogP contribution < -0.4 is 5.32 Å². The molecule has 2 aromatic carbocycles. The molecule has 0 heterocycles. The number of nitro groups is 1. The zero-order valence-corrected chi connectivity index (χ0v) is 14.8. The number of aryl methyl sites for hydroxylation is 1. The quantitative estimate of drug-likeness (QED) is 0.352. The first kappa shape index (κ1) is 19.1. The van der Waals surface area contributed by atoms with E-state index in [1.165, 1.54) is 19.1 Å². The number of hydrogen-bond donors (Lipinski definition) is 1. The summed E-state index contributed by atoms with van der Waals surface area (Å²) in [6, 6.07) is 11.0. The Hall–Kier alpha value is -3.22. The molecule has 0 saturated heterocycles. The molecule has 0 saturated carbocycles. The molecule has 7 heteroatoms. The molecule has 0 aromatic heterocycles. The van der Waals surface area contributed by atoms with Gasteiger partial charge in [0.2, 0.25) is 5.78 Å². The monoisotopic (exact) mass is 356 g/mol. The lowest BCUT2D eigenvalue weighted by molar-refractivity contribution is -0.384. The number of nitrogens with zero attached hydrogens (tertiary/aromatic N) is 1. The van der Waals surface area contributed by atoms with Crippen molar-refractivity contribution in [2.75, 3.05) is 12.4 Å². The van der Waals surface area contributed by atoms with Gasteiger partial charge in [0.25, 0.3) is 5.69 Å². The Balaban J connectivity index is 2.14. The van der Waals surface area contributed by atoms with Crippen LogP contribution in [0.1, 0.15) is 40.1 Å². The molecule has 1 unspecified atom stereocenters. The van der Waals surface area contributed by atoms with Crippen molar-refractivity contribution in [1.29, 1.82) is 0 Å². The van der Waals surface area contributed by atoms with Crippen LogP contribution in [0.25, 0.3) is 0 Å². The third kappa shape index (κ3) is 4.24. The average molecular weight is 356 g/mol. The average Bonchev–Trinajstić information content (AvgIpc) is 2.66. The minimum absolute atomic E-state index is 0.0108.